The van der Waals surface area contributed by atoms with Crippen molar-refractivity contribution >= 4 is 66.5 Å². The number of fused-ring (bicyclic) bond motifs is 10. The fraction of sp³-hybridized carbons (Fsp3) is 0.0968. The Labute approximate surface area is 195 Å². The van der Waals surface area contributed by atoms with Crippen LogP contribution in [0.2, 0.25) is 0 Å². The quantitative estimate of drug-likeness (QED) is 0.256. The van der Waals surface area contributed by atoms with Crippen molar-refractivity contribution in [3.8, 4) is 0 Å². The Kier molecular flexibility index (Phi) is 3.44. The smallest absolute Gasteiger partial charge is 0.178 e. The van der Waals surface area contributed by atoms with Crippen molar-refractivity contribution in [2.45, 2.75) is 19.8 Å². The molecule has 3 heteroatoms. The zero-order valence-corrected chi connectivity index (χ0v) is 18.8. The standard InChI is InChI=1S/C31H21NO2/c1-18-10-14-28-24(16-18)22-12-13-23-25-17-19(11-15-29(25)34-31(23)30(22)33-28)32-26-8-4-2-6-20(26)21-7-3-5-9-27(21)32/h2-10,12-14,16-17H,11,15H2,1H3. The van der Waals surface area contributed by atoms with Crippen LogP contribution in [0.15, 0.2) is 87.7 Å². The van der Waals surface area contributed by atoms with Crippen LogP contribution in [0.3, 0.4) is 0 Å². The lowest BCUT2D eigenvalue weighted by molar-refractivity contribution is 0.541. The minimum Gasteiger partial charge on any atom is -0.456 e. The van der Waals surface area contributed by atoms with Crippen molar-refractivity contribution in [3.63, 3.8) is 0 Å². The van der Waals surface area contributed by atoms with Gasteiger partial charge in [-0.3, -0.25) is 0 Å². The second kappa shape index (κ2) is 6.42. The molecule has 3 nitrogen and oxygen atoms in total. The first-order chi connectivity index (χ1) is 16.8. The molecule has 0 atom stereocenters. The monoisotopic (exact) mass is 439 g/mol. The summed E-state index contributed by atoms with van der Waals surface area (Å²) in [5.74, 6) is 1.05. The van der Waals surface area contributed by atoms with Crippen LogP contribution in [0.4, 0.5) is 0 Å². The zero-order chi connectivity index (χ0) is 22.4. The highest BCUT2D eigenvalue weighted by Crippen LogP contribution is 2.42. The average Bonchev–Trinajstić information content (AvgIpc) is 3.53. The lowest BCUT2D eigenvalue weighted by Gasteiger charge is -2.16. The molecule has 0 fully saturated rings. The van der Waals surface area contributed by atoms with E-state index in [0.29, 0.717) is 0 Å². The van der Waals surface area contributed by atoms with Crippen LogP contribution in [0.5, 0.6) is 0 Å². The maximum atomic E-state index is 6.46. The molecular formula is C31H21NO2. The van der Waals surface area contributed by atoms with Crippen molar-refractivity contribution in [1.29, 1.82) is 0 Å². The van der Waals surface area contributed by atoms with Crippen molar-refractivity contribution in [1.82, 2.24) is 4.57 Å². The van der Waals surface area contributed by atoms with Crippen molar-refractivity contribution in [3.05, 3.63) is 95.7 Å². The molecule has 7 aromatic rings. The molecule has 3 heterocycles. The van der Waals surface area contributed by atoms with Gasteiger partial charge in [-0.1, -0.05) is 48.0 Å². The van der Waals surface area contributed by atoms with Gasteiger partial charge in [0.05, 0.1) is 11.0 Å². The highest BCUT2D eigenvalue weighted by atomic mass is 16.4. The summed E-state index contributed by atoms with van der Waals surface area (Å²) in [7, 11) is 0. The van der Waals surface area contributed by atoms with Gasteiger partial charge in [-0.25, -0.2) is 0 Å². The molecule has 0 radical (unpaired) electrons. The van der Waals surface area contributed by atoms with E-state index in [1.54, 1.807) is 0 Å². The molecule has 0 N–H and O–H groups in total. The molecule has 0 spiro atoms. The average molecular weight is 440 g/mol. The van der Waals surface area contributed by atoms with Gasteiger partial charge in [0.15, 0.2) is 11.2 Å². The Bertz CT molecular complexity index is 1920. The largest absolute Gasteiger partial charge is 0.456 e. The molecule has 162 valence electrons. The lowest BCUT2D eigenvalue weighted by atomic mass is 9.99. The lowest BCUT2D eigenvalue weighted by Crippen LogP contribution is -2.03. The molecule has 4 aromatic carbocycles. The molecule has 0 aliphatic heterocycles. The van der Waals surface area contributed by atoms with Crippen molar-refractivity contribution in [2.24, 2.45) is 0 Å². The van der Waals surface area contributed by atoms with E-state index < -0.39 is 0 Å². The molecule has 0 saturated carbocycles. The molecule has 3 aromatic heterocycles. The van der Waals surface area contributed by atoms with Crippen LogP contribution in [0.1, 0.15) is 23.3 Å². The predicted octanol–water partition coefficient (Wildman–Crippen LogP) is 8.69. The molecule has 34 heavy (non-hydrogen) atoms. The first-order valence-corrected chi connectivity index (χ1v) is 11.8. The van der Waals surface area contributed by atoms with Crippen LogP contribution >= 0.6 is 0 Å². The minimum atomic E-state index is 0.847. The highest BCUT2D eigenvalue weighted by molar-refractivity contribution is 6.16. The number of nitrogens with zero attached hydrogens (tertiary/aromatic N) is 1. The summed E-state index contributed by atoms with van der Waals surface area (Å²) >= 11 is 0. The van der Waals surface area contributed by atoms with E-state index in [4.69, 9.17) is 8.83 Å². The number of hydrogen-bond donors (Lipinski definition) is 0. The number of aryl methyl sites for hydroxylation is 2. The molecule has 0 unspecified atom stereocenters. The topological polar surface area (TPSA) is 31.2 Å². The Hall–Kier alpha value is -4.24. The second-order valence-electron chi connectivity index (χ2n) is 9.36. The maximum Gasteiger partial charge on any atom is 0.178 e. The van der Waals surface area contributed by atoms with Crippen molar-refractivity contribution < 1.29 is 8.83 Å². The normalized spacial score (nSPS) is 14.0. The highest BCUT2D eigenvalue weighted by Gasteiger charge is 2.24. The number of furan rings is 2. The summed E-state index contributed by atoms with van der Waals surface area (Å²) in [6.45, 7) is 2.11. The number of rotatable bonds is 1. The zero-order valence-electron chi connectivity index (χ0n) is 18.8. The van der Waals surface area contributed by atoms with E-state index >= 15 is 0 Å². The molecule has 8 rings (SSSR count). The molecular weight excluding hydrogens is 418 g/mol. The minimum absolute atomic E-state index is 0.847. The number of para-hydroxylation sites is 2. The summed E-state index contributed by atoms with van der Waals surface area (Å²) < 4.78 is 15.2. The Morgan fingerprint density at radius 2 is 1.35 bits per heavy atom. The van der Waals surface area contributed by atoms with Gasteiger partial charge in [0, 0.05) is 44.6 Å². The molecule has 1 aliphatic rings. The van der Waals surface area contributed by atoms with Gasteiger partial charge in [-0.05, 0) is 55.8 Å². The van der Waals surface area contributed by atoms with Gasteiger partial charge >= 0.3 is 0 Å². The molecule has 1 aliphatic carbocycles. The predicted molar refractivity (Wildman–Crippen MR) is 140 cm³/mol. The van der Waals surface area contributed by atoms with Gasteiger partial charge in [-0.15, -0.1) is 0 Å². The fourth-order valence-corrected chi connectivity index (χ4v) is 5.80. The summed E-state index contributed by atoms with van der Waals surface area (Å²) in [4.78, 5) is 0. The van der Waals surface area contributed by atoms with E-state index in [-0.39, 0.29) is 0 Å². The van der Waals surface area contributed by atoms with Crippen LogP contribution in [-0.2, 0) is 6.42 Å². The van der Waals surface area contributed by atoms with Gasteiger partial charge in [0.1, 0.15) is 11.3 Å². The number of aromatic nitrogens is 1. The van der Waals surface area contributed by atoms with E-state index in [0.717, 1.165) is 51.5 Å². The first-order valence-electron chi connectivity index (χ1n) is 11.8. The van der Waals surface area contributed by atoms with Crippen LogP contribution in [0.25, 0.3) is 66.5 Å². The van der Waals surface area contributed by atoms with E-state index in [1.165, 1.54) is 38.6 Å². The Morgan fingerprint density at radius 3 is 2.15 bits per heavy atom. The fourth-order valence-electron chi connectivity index (χ4n) is 5.80. The molecule has 0 bridgehead atoms. The number of hydrogen-bond acceptors (Lipinski definition) is 2. The van der Waals surface area contributed by atoms with E-state index in [2.05, 4.69) is 96.4 Å². The van der Waals surface area contributed by atoms with Crippen LogP contribution < -0.4 is 0 Å². The second-order valence-corrected chi connectivity index (χ2v) is 9.36. The van der Waals surface area contributed by atoms with Gasteiger partial charge < -0.3 is 13.4 Å². The number of allylic oxidation sites excluding steroid dienone is 1. The summed E-state index contributed by atoms with van der Waals surface area (Å²) in [5, 5.41) is 5.97. The van der Waals surface area contributed by atoms with Gasteiger partial charge in [0.25, 0.3) is 0 Å². The first kappa shape index (κ1) is 18.2. The van der Waals surface area contributed by atoms with Gasteiger partial charge in [0.2, 0.25) is 0 Å². The van der Waals surface area contributed by atoms with E-state index in [1.807, 2.05) is 0 Å². The number of benzene rings is 4. The van der Waals surface area contributed by atoms with Crippen molar-refractivity contribution in [2.75, 3.05) is 0 Å². The van der Waals surface area contributed by atoms with Crippen LogP contribution in [-0.4, -0.2) is 4.57 Å². The third kappa shape index (κ3) is 2.31. The Balaban J connectivity index is 1.40. The molecule has 0 amide bonds. The molecule has 0 saturated heterocycles. The van der Waals surface area contributed by atoms with Crippen LogP contribution in [0, 0.1) is 6.92 Å². The maximum absolute atomic E-state index is 6.46. The summed E-state index contributed by atoms with van der Waals surface area (Å²) in [5.41, 5.74) is 8.82. The third-order valence-electron chi connectivity index (χ3n) is 7.35. The SMILES string of the molecule is Cc1ccc2oc3c(ccc4c5c(oc43)CCC(n3c4ccccc4c4ccccc43)=C5)c2c1. The third-order valence-corrected chi connectivity index (χ3v) is 7.35. The van der Waals surface area contributed by atoms with E-state index in [9.17, 15) is 0 Å². The summed E-state index contributed by atoms with van der Waals surface area (Å²) in [6, 6.07) is 28.1. The van der Waals surface area contributed by atoms with Gasteiger partial charge in [-0.2, -0.15) is 0 Å². The summed E-state index contributed by atoms with van der Waals surface area (Å²) in [6.07, 6.45) is 4.12. The Morgan fingerprint density at radius 1 is 0.647 bits per heavy atom.